The second-order valence-electron chi connectivity index (χ2n) is 5.96. The number of carboxylic acid groups (broad SMARTS) is 1. The summed E-state index contributed by atoms with van der Waals surface area (Å²) in [7, 11) is 0. The van der Waals surface area contributed by atoms with Gasteiger partial charge in [0.1, 0.15) is 0 Å². The molecule has 112 valence electrons. The molecule has 0 aromatic carbocycles. The van der Waals surface area contributed by atoms with Crippen LogP contribution in [-0.4, -0.2) is 52.6 Å². The van der Waals surface area contributed by atoms with E-state index in [2.05, 4.69) is 6.58 Å². The van der Waals surface area contributed by atoms with Crippen LogP contribution in [0.2, 0.25) is 0 Å². The van der Waals surface area contributed by atoms with Gasteiger partial charge in [-0.3, -0.25) is 4.79 Å². The van der Waals surface area contributed by atoms with E-state index in [4.69, 9.17) is 0 Å². The van der Waals surface area contributed by atoms with E-state index in [9.17, 15) is 14.7 Å². The van der Waals surface area contributed by atoms with Crippen LogP contribution in [0.3, 0.4) is 0 Å². The van der Waals surface area contributed by atoms with Gasteiger partial charge in [-0.2, -0.15) is 0 Å². The summed E-state index contributed by atoms with van der Waals surface area (Å²) < 4.78 is 0. The molecule has 1 saturated carbocycles. The zero-order chi connectivity index (χ0) is 14.8. The predicted molar refractivity (Wildman–Crippen MR) is 76.5 cm³/mol. The van der Waals surface area contributed by atoms with Crippen molar-refractivity contribution in [3.8, 4) is 0 Å². The second kappa shape index (κ2) is 5.85. The first-order chi connectivity index (χ1) is 9.54. The molecule has 1 unspecified atom stereocenters. The van der Waals surface area contributed by atoms with Crippen LogP contribution in [0.1, 0.15) is 39.0 Å². The largest absolute Gasteiger partial charge is 0.481 e. The number of aliphatic carboxylic acids is 1. The van der Waals surface area contributed by atoms with Gasteiger partial charge in [0.25, 0.3) is 0 Å². The van der Waals surface area contributed by atoms with Gasteiger partial charge < -0.3 is 14.9 Å². The molecule has 0 aromatic heterocycles. The van der Waals surface area contributed by atoms with Gasteiger partial charge >= 0.3 is 12.0 Å². The molecule has 1 N–H and O–H groups in total. The van der Waals surface area contributed by atoms with Gasteiger partial charge in [-0.1, -0.05) is 19.4 Å². The van der Waals surface area contributed by atoms with Crippen LogP contribution in [0.4, 0.5) is 4.79 Å². The van der Waals surface area contributed by atoms with Crippen molar-refractivity contribution >= 4 is 12.0 Å². The lowest BCUT2D eigenvalue weighted by Crippen LogP contribution is -2.45. The molecule has 2 amide bonds. The Morgan fingerprint density at radius 1 is 1.50 bits per heavy atom. The van der Waals surface area contributed by atoms with E-state index in [1.807, 2.05) is 11.8 Å². The van der Waals surface area contributed by atoms with E-state index in [0.717, 1.165) is 19.3 Å². The Labute approximate surface area is 120 Å². The molecular formula is C15H24N2O3. The summed E-state index contributed by atoms with van der Waals surface area (Å²) in [5, 5.41) is 9.49. The minimum Gasteiger partial charge on any atom is -0.481 e. The number of urea groups is 1. The highest BCUT2D eigenvalue weighted by molar-refractivity contribution is 5.80. The first-order valence-corrected chi connectivity index (χ1v) is 7.44. The SMILES string of the molecule is C=CCN(C(=O)N1CCC(CCC)(C(=O)O)C1)C1CC1. The zero-order valence-corrected chi connectivity index (χ0v) is 12.2. The summed E-state index contributed by atoms with van der Waals surface area (Å²) in [4.78, 5) is 27.6. The van der Waals surface area contributed by atoms with Crippen molar-refractivity contribution in [2.45, 2.75) is 45.1 Å². The lowest BCUT2D eigenvalue weighted by atomic mass is 9.83. The standard InChI is InChI=1S/C15H24N2O3/c1-3-7-15(13(18)19)8-10-16(11-15)14(20)17(9-4-2)12-5-6-12/h4,12H,2-3,5-11H2,1H3,(H,18,19). The fraction of sp³-hybridized carbons (Fsp3) is 0.733. The van der Waals surface area contributed by atoms with Gasteiger partial charge in [-0.25, -0.2) is 4.79 Å². The number of hydrogen-bond acceptors (Lipinski definition) is 2. The molecule has 20 heavy (non-hydrogen) atoms. The minimum atomic E-state index is -0.767. The Hall–Kier alpha value is -1.52. The topological polar surface area (TPSA) is 60.9 Å². The molecule has 1 aliphatic heterocycles. The van der Waals surface area contributed by atoms with Crippen molar-refractivity contribution < 1.29 is 14.7 Å². The number of carbonyl (C=O) groups is 2. The minimum absolute atomic E-state index is 0.0216. The average molecular weight is 280 g/mol. The Morgan fingerprint density at radius 2 is 2.20 bits per heavy atom. The molecule has 5 nitrogen and oxygen atoms in total. The molecule has 2 rings (SSSR count). The predicted octanol–water partition coefficient (Wildman–Crippen LogP) is 2.33. The molecule has 0 radical (unpaired) electrons. The number of carboxylic acids is 1. The number of carbonyl (C=O) groups excluding carboxylic acids is 1. The van der Waals surface area contributed by atoms with Crippen LogP contribution in [0, 0.1) is 5.41 Å². The number of rotatable bonds is 6. The summed E-state index contributed by atoms with van der Waals surface area (Å²) in [6.45, 7) is 7.13. The number of likely N-dealkylation sites (tertiary alicyclic amines) is 1. The van der Waals surface area contributed by atoms with Gasteiger partial charge in [0, 0.05) is 25.7 Å². The van der Waals surface area contributed by atoms with Gasteiger partial charge in [0.15, 0.2) is 0 Å². The second-order valence-corrected chi connectivity index (χ2v) is 5.96. The maximum absolute atomic E-state index is 12.5. The number of hydrogen-bond donors (Lipinski definition) is 1. The van der Waals surface area contributed by atoms with Crippen molar-refractivity contribution in [2.24, 2.45) is 5.41 Å². The highest BCUT2D eigenvalue weighted by atomic mass is 16.4. The Balaban J connectivity index is 2.05. The van der Waals surface area contributed by atoms with Crippen LogP contribution in [-0.2, 0) is 4.79 Å². The summed E-state index contributed by atoms with van der Waals surface area (Å²) in [6.07, 6.45) is 5.86. The summed E-state index contributed by atoms with van der Waals surface area (Å²) in [5.74, 6) is -0.767. The fourth-order valence-corrected chi connectivity index (χ4v) is 3.09. The maximum atomic E-state index is 12.5. The highest BCUT2D eigenvalue weighted by Gasteiger charge is 2.47. The van der Waals surface area contributed by atoms with Crippen LogP contribution in [0.5, 0.6) is 0 Å². The van der Waals surface area contributed by atoms with Crippen molar-refractivity contribution in [1.82, 2.24) is 9.80 Å². The lowest BCUT2D eigenvalue weighted by Gasteiger charge is -2.29. The van der Waals surface area contributed by atoms with Gasteiger partial charge in [0.05, 0.1) is 5.41 Å². The molecular weight excluding hydrogens is 256 g/mol. The molecule has 0 spiro atoms. The van der Waals surface area contributed by atoms with E-state index in [0.29, 0.717) is 38.5 Å². The summed E-state index contributed by atoms with van der Waals surface area (Å²) in [6, 6.07) is 0.304. The quantitative estimate of drug-likeness (QED) is 0.760. The summed E-state index contributed by atoms with van der Waals surface area (Å²) in [5.41, 5.74) is -0.742. The normalized spacial score (nSPS) is 25.6. The third-order valence-corrected chi connectivity index (χ3v) is 4.37. The van der Waals surface area contributed by atoms with Gasteiger partial charge in [-0.05, 0) is 25.7 Å². The molecule has 1 atom stereocenters. The van der Waals surface area contributed by atoms with E-state index < -0.39 is 11.4 Å². The van der Waals surface area contributed by atoms with Crippen molar-refractivity contribution in [2.75, 3.05) is 19.6 Å². The van der Waals surface area contributed by atoms with Gasteiger partial charge in [0.2, 0.25) is 0 Å². The van der Waals surface area contributed by atoms with Crippen LogP contribution >= 0.6 is 0 Å². The Kier molecular flexibility index (Phi) is 4.35. The molecule has 2 aliphatic rings. The fourth-order valence-electron chi connectivity index (χ4n) is 3.09. The third-order valence-electron chi connectivity index (χ3n) is 4.37. The van der Waals surface area contributed by atoms with Crippen molar-refractivity contribution in [1.29, 1.82) is 0 Å². The Morgan fingerprint density at radius 3 is 2.70 bits per heavy atom. The zero-order valence-electron chi connectivity index (χ0n) is 12.2. The van der Waals surface area contributed by atoms with E-state index in [1.54, 1.807) is 11.0 Å². The molecule has 1 saturated heterocycles. The molecule has 2 fully saturated rings. The molecule has 1 aliphatic carbocycles. The third kappa shape index (κ3) is 2.81. The van der Waals surface area contributed by atoms with E-state index in [-0.39, 0.29) is 6.03 Å². The summed E-state index contributed by atoms with van der Waals surface area (Å²) >= 11 is 0. The molecule has 0 aromatic rings. The monoisotopic (exact) mass is 280 g/mol. The number of amides is 2. The first-order valence-electron chi connectivity index (χ1n) is 7.44. The van der Waals surface area contributed by atoms with Crippen molar-refractivity contribution in [3.63, 3.8) is 0 Å². The van der Waals surface area contributed by atoms with Gasteiger partial charge in [-0.15, -0.1) is 6.58 Å². The first kappa shape index (κ1) is 14.9. The van der Waals surface area contributed by atoms with Crippen LogP contribution in [0.25, 0.3) is 0 Å². The molecule has 0 bridgehead atoms. The smallest absolute Gasteiger partial charge is 0.320 e. The number of nitrogens with zero attached hydrogens (tertiary/aromatic N) is 2. The van der Waals surface area contributed by atoms with Crippen LogP contribution < -0.4 is 0 Å². The average Bonchev–Trinajstić information content (AvgIpc) is 3.16. The molecule has 5 heteroatoms. The van der Waals surface area contributed by atoms with E-state index in [1.165, 1.54) is 0 Å². The highest BCUT2D eigenvalue weighted by Crippen LogP contribution is 2.37. The maximum Gasteiger partial charge on any atom is 0.320 e. The lowest BCUT2D eigenvalue weighted by molar-refractivity contribution is -0.148. The van der Waals surface area contributed by atoms with Crippen molar-refractivity contribution in [3.05, 3.63) is 12.7 Å². The molecule has 1 heterocycles. The van der Waals surface area contributed by atoms with E-state index >= 15 is 0 Å². The Bertz CT molecular complexity index is 406. The van der Waals surface area contributed by atoms with Crippen LogP contribution in [0.15, 0.2) is 12.7 Å².